The lowest BCUT2D eigenvalue weighted by molar-refractivity contribution is -0.143. The first kappa shape index (κ1) is 22.1. The summed E-state index contributed by atoms with van der Waals surface area (Å²) in [6, 6.07) is 2.47. The Kier molecular flexibility index (Phi) is 6.68. The van der Waals surface area contributed by atoms with Gasteiger partial charge in [-0.25, -0.2) is 12.8 Å². The number of hydrogen-bond donors (Lipinski definition) is 3. The highest BCUT2D eigenvalue weighted by Crippen LogP contribution is 2.21. The highest BCUT2D eigenvalue weighted by Gasteiger charge is 2.40. The van der Waals surface area contributed by atoms with Crippen LogP contribution >= 0.6 is 0 Å². The van der Waals surface area contributed by atoms with E-state index >= 15 is 0 Å². The second-order valence-electron chi connectivity index (χ2n) is 7.12. The number of carbonyl (C=O) groups is 3. The van der Waals surface area contributed by atoms with Crippen LogP contribution in [-0.2, 0) is 24.4 Å². The van der Waals surface area contributed by atoms with Gasteiger partial charge in [-0.2, -0.15) is 4.31 Å². The van der Waals surface area contributed by atoms with Crippen molar-refractivity contribution in [2.45, 2.75) is 29.8 Å². The summed E-state index contributed by atoms with van der Waals surface area (Å²) in [4.78, 5) is 38.2. The number of sulfonamides is 1. The van der Waals surface area contributed by atoms with Gasteiger partial charge in [0, 0.05) is 26.2 Å². The van der Waals surface area contributed by atoms with E-state index in [4.69, 9.17) is 5.73 Å². The predicted octanol–water partition coefficient (Wildman–Crippen LogP) is -1.62. The summed E-state index contributed by atoms with van der Waals surface area (Å²) in [7, 11) is -4.01. The minimum Gasteiger partial charge on any atom is -0.354 e. The number of nitrogens with two attached hydrogens (primary N) is 1. The Hall–Kier alpha value is -2.57. The lowest BCUT2D eigenvalue weighted by Gasteiger charge is -2.40. The number of nitrogens with one attached hydrogen (secondary N) is 2. The van der Waals surface area contributed by atoms with Gasteiger partial charge >= 0.3 is 0 Å². The Labute approximate surface area is 173 Å². The Morgan fingerprint density at radius 2 is 1.93 bits per heavy atom. The van der Waals surface area contributed by atoms with E-state index in [1.165, 1.54) is 4.90 Å². The van der Waals surface area contributed by atoms with Crippen molar-refractivity contribution < 1.29 is 27.2 Å². The summed E-state index contributed by atoms with van der Waals surface area (Å²) in [6.07, 6.45) is 1.14. The van der Waals surface area contributed by atoms with Crippen molar-refractivity contribution in [1.82, 2.24) is 19.8 Å². The summed E-state index contributed by atoms with van der Waals surface area (Å²) >= 11 is 0. The Morgan fingerprint density at radius 1 is 1.23 bits per heavy atom. The number of hydrogen-bond acceptors (Lipinski definition) is 6. The quantitative estimate of drug-likeness (QED) is 0.501. The molecule has 0 bridgehead atoms. The zero-order valence-corrected chi connectivity index (χ0v) is 17.0. The number of piperidine rings is 1. The van der Waals surface area contributed by atoms with Gasteiger partial charge in [0.15, 0.2) is 0 Å². The van der Waals surface area contributed by atoms with Gasteiger partial charge in [0.05, 0.1) is 11.4 Å². The molecule has 2 aliphatic rings. The fraction of sp³-hybridized carbons (Fsp3) is 0.500. The minimum absolute atomic E-state index is 0.0363. The van der Waals surface area contributed by atoms with Crippen molar-refractivity contribution in [3.63, 3.8) is 0 Å². The van der Waals surface area contributed by atoms with E-state index in [0.29, 0.717) is 19.4 Å². The number of piperazine rings is 1. The van der Waals surface area contributed by atoms with Crippen LogP contribution in [-0.4, -0.2) is 80.2 Å². The average molecular weight is 441 g/mol. The summed E-state index contributed by atoms with van der Waals surface area (Å²) in [6.45, 7) is -0.190. The van der Waals surface area contributed by atoms with E-state index in [-0.39, 0.29) is 37.0 Å². The molecule has 2 saturated heterocycles. The van der Waals surface area contributed by atoms with Crippen LogP contribution in [0, 0.1) is 5.82 Å². The van der Waals surface area contributed by atoms with Crippen LogP contribution in [0.25, 0.3) is 0 Å². The fourth-order valence-electron chi connectivity index (χ4n) is 3.55. The monoisotopic (exact) mass is 441 g/mol. The molecular weight excluding hydrogens is 417 g/mol. The number of benzene rings is 1. The number of amides is 3. The van der Waals surface area contributed by atoms with Crippen molar-refractivity contribution in [3.8, 4) is 0 Å². The van der Waals surface area contributed by atoms with Crippen LogP contribution in [0.15, 0.2) is 29.2 Å². The third-order valence-electron chi connectivity index (χ3n) is 5.19. The molecule has 0 radical (unpaired) electrons. The van der Waals surface area contributed by atoms with Crippen LogP contribution in [0.1, 0.15) is 12.8 Å². The Balaban J connectivity index is 1.81. The van der Waals surface area contributed by atoms with Crippen LogP contribution in [0.4, 0.5) is 4.39 Å². The maximum atomic E-state index is 13.2. The molecule has 2 fully saturated rings. The standard InChI is InChI=1S/C18H24FN5O5S/c19-12-3-5-13(6-4-12)30(28,29)23-8-9-24(16(25)10-20)15(11-23)18(27)22-14-2-1-7-21-17(14)26/h3-6,14-15H,1-2,7-11,20H2,(H,21,26)(H,22,27)/t14-,15-/m0/s1. The van der Waals surface area contributed by atoms with Gasteiger partial charge in [0.25, 0.3) is 0 Å². The minimum atomic E-state index is -4.01. The molecule has 0 aliphatic carbocycles. The number of carbonyl (C=O) groups excluding carboxylic acids is 3. The van der Waals surface area contributed by atoms with Gasteiger partial charge in [0.2, 0.25) is 27.7 Å². The third kappa shape index (κ3) is 4.60. The van der Waals surface area contributed by atoms with E-state index in [1.807, 2.05) is 0 Å². The second kappa shape index (κ2) is 9.06. The van der Waals surface area contributed by atoms with Gasteiger partial charge in [-0.3, -0.25) is 14.4 Å². The predicted molar refractivity (Wildman–Crippen MR) is 104 cm³/mol. The molecule has 0 unspecified atom stereocenters. The highest BCUT2D eigenvalue weighted by molar-refractivity contribution is 7.89. The van der Waals surface area contributed by atoms with Gasteiger partial charge in [0.1, 0.15) is 17.9 Å². The van der Waals surface area contributed by atoms with Crippen LogP contribution in [0.5, 0.6) is 0 Å². The van der Waals surface area contributed by atoms with E-state index < -0.39 is 39.7 Å². The van der Waals surface area contributed by atoms with Crippen molar-refractivity contribution >= 4 is 27.7 Å². The number of rotatable bonds is 5. The molecule has 4 N–H and O–H groups in total. The van der Waals surface area contributed by atoms with Crippen molar-refractivity contribution in [1.29, 1.82) is 0 Å². The van der Waals surface area contributed by atoms with E-state index in [9.17, 15) is 27.2 Å². The van der Waals surface area contributed by atoms with E-state index in [2.05, 4.69) is 10.6 Å². The van der Waals surface area contributed by atoms with Crippen molar-refractivity contribution in [2.24, 2.45) is 5.73 Å². The summed E-state index contributed by atoms with van der Waals surface area (Å²) < 4.78 is 40.1. The lowest BCUT2D eigenvalue weighted by atomic mass is 10.1. The molecule has 164 valence electrons. The van der Waals surface area contributed by atoms with Gasteiger partial charge in [-0.05, 0) is 37.1 Å². The first-order chi connectivity index (χ1) is 14.2. The first-order valence-electron chi connectivity index (χ1n) is 9.57. The second-order valence-corrected chi connectivity index (χ2v) is 9.06. The van der Waals surface area contributed by atoms with Gasteiger partial charge in [-0.1, -0.05) is 0 Å². The number of nitrogens with zero attached hydrogens (tertiary/aromatic N) is 2. The molecule has 0 aromatic heterocycles. The van der Waals surface area contributed by atoms with Crippen molar-refractivity contribution in [3.05, 3.63) is 30.1 Å². The van der Waals surface area contributed by atoms with E-state index in [0.717, 1.165) is 28.6 Å². The molecule has 10 nitrogen and oxygen atoms in total. The van der Waals surface area contributed by atoms with E-state index in [1.54, 1.807) is 0 Å². The maximum absolute atomic E-state index is 13.2. The molecule has 1 aromatic carbocycles. The van der Waals surface area contributed by atoms with Gasteiger partial charge < -0.3 is 21.3 Å². The Bertz CT molecular complexity index is 923. The largest absolute Gasteiger partial charge is 0.354 e. The zero-order valence-electron chi connectivity index (χ0n) is 16.2. The molecule has 30 heavy (non-hydrogen) atoms. The summed E-state index contributed by atoms with van der Waals surface area (Å²) in [5, 5.41) is 5.26. The molecule has 2 aliphatic heterocycles. The molecule has 0 saturated carbocycles. The van der Waals surface area contributed by atoms with Crippen molar-refractivity contribution in [2.75, 3.05) is 32.7 Å². The Morgan fingerprint density at radius 3 is 2.57 bits per heavy atom. The van der Waals surface area contributed by atoms with Crippen LogP contribution < -0.4 is 16.4 Å². The third-order valence-corrected chi connectivity index (χ3v) is 7.07. The van der Waals surface area contributed by atoms with Crippen LogP contribution in [0.2, 0.25) is 0 Å². The molecule has 0 spiro atoms. The molecular formula is C18H24FN5O5S. The summed E-state index contributed by atoms with van der Waals surface area (Å²) in [5.74, 6) is -2.02. The number of halogens is 1. The van der Waals surface area contributed by atoms with Gasteiger partial charge in [-0.15, -0.1) is 0 Å². The average Bonchev–Trinajstić information content (AvgIpc) is 2.74. The lowest BCUT2D eigenvalue weighted by Crippen LogP contribution is -2.64. The topological polar surface area (TPSA) is 142 Å². The smallest absolute Gasteiger partial charge is 0.244 e. The highest BCUT2D eigenvalue weighted by atomic mass is 32.2. The SMILES string of the molecule is NCC(=O)N1CCN(S(=O)(=O)c2ccc(F)cc2)C[C@H]1C(=O)N[C@H]1CCCNC1=O. The maximum Gasteiger partial charge on any atom is 0.244 e. The summed E-state index contributed by atoms with van der Waals surface area (Å²) in [5.41, 5.74) is 5.44. The first-order valence-corrected chi connectivity index (χ1v) is 11.0. The molecule has 2 heterocycles. The molecule has 12 heteroatoms. The molecule has 3 amide bonds. The normalized spacial score (nSPS) is 23.0. The molecule has 1 aromatic rings. The van der Waals surface area contributed by atoms with Crippen LogP contribution in [0.3, 0.4) is 0 Å². The fourth-order valence-corrected chi connectivity index (χ4v) is 4.99. The zero-order chi connectivity index (χ0) is 21.9. The molecule has 3 rings (SSSR count). The molecule has 2 atom stereocenters.